The fourth-order valence-electron chi connectivity index (χ4n) is 3.76. The monoisotopic (exact) mass is 351 g/mol. The molecule has 0 radical (unpaired) electrons. The van der Waals surface area contributed by atoms with E-state index in [2.05, 4.69) is 66.1 Å². The van der Waals surface area contributed by atoms with Crippen molar-refractivity contribution in [3.8, 4) is 22.5 Å². The average Bonchev–Trinajstić information content (AvgIpc) is 3.08. The average molecular weight is 351 g/mol. The molecule has 0 atom stereocenters. The number of rotatable bonds is 2. The second kappa shape index (κ2) is 6.06. The van der Waals surface area contributed by atoms with Crippen molar-refractivity contribution >= 4 is 21.9 Å². The van der Waals surface area contributed by atoms with E-state index in [-0.39, 0.29) is 0 Å². The van der Waals surface area contributed by atoms with Crippen LogP contribution in [0, 0.1) is 6.92 Å². The Balaban J connectivity index is 1.75. The van der Waals surface area contributed by atoms with Crippen LogP contribution in [0.25, 0.3) is 44.5 Å². The van der Waals surface area contributed by atoms with Crippen LogP contribution in [0.5, 0.6) is 0 Å². The first-order valence-corrected chi connectivity index (χ1v) is 9.05. The van der Waals surface area contributed by atoms with Crippen molar-refractivity contribution in [1.82, 2.24) is 4.98 Å². The molecule has 5 aromatic rings. The van der Waals surface area contributed by atoms with E-state index >= 15 is 0 Å². The molecule has 0 fully saturated rings. The Bertz CT molecular complexity index is 1290. The molecule has 3 heteroatoms. The van der Waals surface area contributed by atoms with E-state index in [4.69, 9.17) is 4.42 Å². The summed E-state index contributed by atoms with van der Waals surface area (Å²) in [5.41, 5.74) is 7.39. The highest BCUT2D eigenvalue weighted by Crippen LogP contribution is 2.36. The Kier molecular flexibility index (Phi) is 3.54. The Labute approximate surface area is 157 Å². The zero-order valence-corrected chi connectivity index (χ0v) is 15.3. The normalized spacial score (nSPS) is 11.3. The molecular weight excluding hydrogens is 332 g/mol. The highest BCUT2D eigenvalue weighted by atomic mass is 16.3. The van der Waals surface area contributed by atoms with Crippen molar-refractivity contribution in [1.29, 1.82) is 0 Å². The number of nitrogens with zero attached hydrogens (tertiary/aromatic N) is 2. The topological polar surface area (TPSA) is 29.9 Å². The van der Waals surface area contributed by atoms with E-state index < -0.39 is 0 Å². The zero-order valence-electron chi connectivity index (χ0n) is 15.3. The van der Waals surface area contributed by atoms with Gasteiger partial charge in [0.1, 0.15) is 18.2 Å². The molecule has 27 heavy (non-hydrogen) atoms. The smallest absolute Gasteiger partial charge is 0.216 e. The Morgan fingerprint density at radius 1 is 0.852 bits per heavy atom. The maximum atomic E-state index is 6.26. The van der Waals surface area contributed by atoms with E-state index in [9.17, 15) is 0 Å². The van der Waals surface area contributed by atoms with Gasteiger partial charge in [-0.05, 0) is 36.8 Å². The minimum absolute atomic E-state index is 0.923. The molecule has 3 nitrogen and oxygen atoms in total. The summed E-state index contributed by atoms with van der Waals surface area (Å²) in [5, 5.41) is 2.31. The van der Waals surface area contributed by atoms with Crippen LogP contribution in [-0.2, 0) is 7.05 Å². The first kappa shape index (κ1) is 15.8. The second-order valence-electron chi connectivity index (χ2n) is 6.86. The predicted octanol–water partition coefficient (Wildman–Crippen LogP) is 5.45. The van der Waals surface area contributed by atoms with Crippen LogP contribution in [0.15, 0.2) is 83.5 Å². The highest BCUT2D eigenvalue weighted by Gasteiger charge is 2.21. The molecule has 0 saturated heterocycles. The van der Waals surface area contributed by atoms with Crippen molar-refractivity contribution < 1.29 is 8.98 Å². The van der Waals surface area contributed by atoms with Gasteiger partial charge in [-0.2, -0.15) is 0 Å². The SMILES string of the molecule is Cc1ccc2c(oc3ccccc32)c1-c1ccc(-c2ccccn2)c[n+]1C. The van der Waals surface area contributed by atoms with Gasteiger partial charge in [0.15, 0.2) is 6.20 Å². The number of hydrogen-bond acceptors (Lipinski definition) is 2. The van der Waals surface area contributed by atoms with Gasteiger partial charge in [-0.3, -0.25) is 4.98 Å². The number of hydrogen-bond donors (Lipinski definition) is 0. The van der Waals surface area contributed by atoms with Gasteiger partial charge in [-0.25, -0.2) is 4.57 Å². The fraction of sp³-hybridized carbons (Fsp3) is 0.0833. The van der Waals surface area contributed by atoms with Crippen LogP contribution in [0.3, 0.4) is 0 Å². The van der Waals surface area contributed by atoms with Crippen molar-refractivity contribution in [3.63, 3.8) is 0 Å². The van der Waals surface area contributed by atoms with Crippen LogP contribution >= 0.6 is 0 Å². The van der Waals surface area contributed by atoms with Crippen LogP contribution < -0.4 is 4.57 Å². The van der Waals surface area contributed by atoms with Crippen molar-refractivity contribution in [2.45, 2.75) is 6.92 Å². The minimum Gasteiger partial charge on any atom is -0.455 e. The lowest BCUT2D eigenvalue weighted by molar-refractivity contribution is -0.659. The molecule has 0 saturated carbocycles. The molecular formula is C24H19N2O+. The number of pyridine rings is 2. The maximum absolute atomic E-state index is 6.26. The standard InChI is InChI=1S/C24H19N2O/c1-16-10-12-19-18-7-3-4-9-22(18)27-24(19)23(16)21-13-11-17(15-26(21)2)20-8-5-6-14-25-20/h3-15H,1-2H3/q+1. The van der Waals surface area contributed by atoms with Crippen molar-refractivity contribution in [2.75, 3.05) is 0 Å². The van der Waals surface area contributed by atoms with E-state index in [0.717, 1.165) is 44.5 Å². The van der Waals surface area contributed by atoms with Crippen molar-refractivity contribution in [3.05, 3.63) is 84.7 Å². The first-order chi connectivity index (χ1) is 13.2. The summed E-state index contributed by atoms with van der Waals surface area (Å²) in [6.07, 6.45) is 3.95. The molecule has 3 heterocycles. The molecule has 0 bridgehead atoms. The Morgan fingerprint density at radius 3 is 2.52 bits per heavy atom. The quantitative estimate of drug-likeness (QED) is 0.396. The number of aromatic nitrogens is 2. The molecule has 0 spiro atoms. The third kappa shape index (κ3) is 2.51. The molecule has 5 rings (SSSR count). The van der Waals surface area contributed by atoms with E-state index in [0.29, 0.717) is 0 Å². The summed E-state index contributed by atoms with van der Waals surface area (Å²) in [5.74, 6) is 0. The third-order valence-electron chi connectivity index (χ3n) is 5.11. The summed E-state index contributed by atoms with van der Waals surface area (Å²) < 4.78 is 8.41. The van der Waals surface area contributed by atoms with Gasteiger partial charge < -0.3 is 4.42 Å². The van der Waals surface area contributed by atoms with Gasteiger partial charge >= 0.3 is 0 Å². The van der Waals surface area contributed by atoms with Gasteiger partial charge in [0.25, 0.3) is 0 Å². The fourth-order valence-corrected chi connectivity index (χ4v) is 3.76. The molecule has 0 unspecified atom stereocenters. The molecule has 3 aromatic heterocycles. The largest absolute Gasteiger partial charge is 0.455 e. The molecule has 0 aliphatic heterocycles. The van der Waals surface area contributed by atoms with Gasteiger partial charge in [0.05, 0.1) is 16.8 Å². The Hall–Kier alpha value is -3.46. The van der Waals surface area contributed by atoms with Crippen LogP contribution in [0.1, 0.15) is 5.56 Å². The summed E-state index contributed by atoms with van der Waals surface area (Å²) >= 11 is 0. The number of aryl methyl sites for hydroxylation is 2. The minimum atomic E-state index is 0.923. The highest BCUT2D eigenvalue weighted by molar-refractivity contribution is 6.09. The maximum Gasteiger partial charge on any atom is 0.216 e. The summed E-state index contributed by atoms with van der Waals surface area (Å²) in [6.45, 7) is 2.13. The molecule has 0 N–H and O–H groups in total. The van der Waals surface area contributed by atoms with Crippen molar-refractivity contribution in [2.24, 2.45) is 7.05 Å². The molecule has 0 amide bonds. The molecule has 130 valence electrons. The van der Waals surface area contributed by atoms with Gasteiger partial charge in [0.2, 0.25) is 5.69 Å². The number of benzene rings is 2. The van der Waals surface area contributed by atoms with Gasteiger partial charge in [-0.1, -0.05) is 36.4 Å². The van der Waals surface area contributed by atoms with Gasteiger partial charge in [-0.15, -0.1) is 0 Å². The summed E-state index contributed by atoms with van der Waals surface area (Å²) in [6, 6.07) is 22.8. The number of para-hydroxylation sites is 1. The summed E-state index contributed by atoms with van der Waals surface area (Å²) in [4.78, 5) is 4.46. The lowest BCUT2D eigenvalue weighted by Gasteiger charge is -2.07. The van der Waals surface area contributed by atoms with Crippen LogP contribution in [0.4, 0.5) is 0 Å². The lowest BCUT2D eigenvalue weighted by atomic mass is 10.00. The number of fused-ring (bicyclic) bond motifs is 3. The van der Waals surface area contributed by atoms with Crippen LogP contribution in [0.2, 0.25) is 0 Å². The Morgan fingerprint density at radius 2 is 1.70 bits per heavy atom. The zero-order chi connectivity index (χ0) is 18.4. The second-order valence-corrected chi connectivity index (χ2v) is 6.86. The van der Waals surface area contributed by atoms with Crippen LogP contribution in [-0.4, -0.2) is 4.98 Å². The first-order valence-electron chi connectivity index (χ1n) is 9.05. The van der Waals surface area contributed by atoms with E-state index in [1.54, 1.807) is 0 Å². The predicted molar refractivity (Wildman–Crippen MR) is 108 cm³/mol. The van der Waals surface area contributed by atoms with Gasteiger partial charge in [0, 0.05) is 23.0 Å². The molecule has 2 aromatic carbocycles. The lowest BCUT2D eigenvalue weighted by Crippen LogP contribution is -2.31. The van der Waals surface area contributed by atoms with E-state index in [1.165, 1.54) is 5.56 Å². The third-order valence-corrected chi connectivity index (χ3v) is 5.11. The summed E-state index contributed by atoms with van der Waals surface area (Å²) in [7, 11) is 2.07. The number of furan rings is 1. The molecule has 0 aliphatic carbocycles. The molecule has 0 aliphatic rings. The van der Waals surface area contributed by atoms with E-state index in [1.807, 2.05) is 36.5 Å².